The second kappa shape index (κ2) is 7.06. The Morgan fingerprint density at radius 1 is 1.50 bits per heavy atom. The third-order valence-corrected chi connectivity index (χ3v) is 4.31. The zero-order chi connectivity index (χ0) is 13.6. The lowest BCUT2D eigenvalue weighted by Crippen LogP contribution is -2.31. The van der Waals surface area contributed by atoms with E-state index in [-0.39, 0.29) is 0 Å². The van der Waals surface area contributed by atoms with Crippen molar-refractivity contribution < 1.29 is 8.42 Å². The van der Waals surface area contributed by atoms with Crippen LogP contribution in [0.15, 0.2) is 22.8 Å². The topological polar surface area (TPSA) is 62.3 Å². The average Bonchev–Trinajstić information content (AvgIpc) is 2.27. The van der Waals surface area contributed by atoms with E-state index in [9.17, 15) is 8.42 Å². The summed E-state index contributed by atoms with van der Waals surface area (Å²) in [6.45, 7) is 3.56. The number of aromatic nitrogens is 1. The molecule has 0 spiro atoms. The van der Waals surface area contributed by atoms with Crippen molar-refractivity contribution in [3.63, 3.8) is 0 Å². The highest BCUT2D eigenvalue weighted by Gasteiger charge is 2.12. The molecule has 0 saturated carbocycles. The molecule has 102 valence electrons. The van der Waals surface area contributed by atoms with Crippen molar-refractivity contribution >= 4 is 31.8 Å². The Kier molecular flexibility index (Phi) is 6.04. The van der Waals surface area contributed by atoms with Gasteiger partial charge < -0.3 is 5.32 Å². The number of hydrogen-bond acceptors (Lipinski definition) is 4. The maximum atomic E-state index is 11.4. The van der Waals surface area contributed by atoms with Crippen molar-refractivity contribution in [3.8, 4) is 0 Å². The molecule has 5 nitrogen and oxygen atoms in total. The van der Waals surface area contributed by atoms with Crippen LogP contribution < -0.4 is 5.32 Å². The Morgan fingerprint density at radius 3 is 2.78 bits per heavy atom. The molecular formula is C11H18BrN3O2S. The van der Waals surface area contributed by atoms with Crippen molar-refractivity contribution in [3.05, 3.63) is 22.8 Å². The molecule has 18 heavy (non-hydrogen) atoms. The fourth-order valence-corrected chi connectivity index (χ4v) is 2.80. The highest BCUT2D eigenvalue weighted by atomic mass is 79.9. The largest absolute Gasteiger partial charge is 0.370 e. The van der Waals surface area contributed by atoms with E-state index >= 15 is 0 Å². The molecular weight excluding hydrogens is 318 g/mol. The van der Waals surface area contributed by atoms with Crippen molar-refractivity contribution in [1.29, 1.82) is 0 Å². The highest BCUT2D eigenvalue weighted by molar-refractivity contribution is 9.10. The smallest absolute Gasteiger partial charge is 0.211 e. The Labute approximate surface area is 117 Å². The van der Waals surface area contributed by atoms with Crippen LogP contribution in [0.2, 0.25) is 0 Å². The first-order valence-electron chi connectivity index (χ1n) is 5.74. The molecule has 0 aromatic carbocycles. The third kappa shape index (κ3) is 5.32. The average molecular weight is 336 g/mol. The van der Waals surface area contributed by atoms with Crippen LogP contribution in [0.3, 0.4) is 0 Å². The summed E-state index contributed by atoms with van der Waals surface area (Å²) in [5.74, 6) is 0.784. The van der Waals surface area contributed by atoms with E-state index in [1.54, 1.807) is 6.20 Å². The van der Waals surface area contributed by atoms with Crippen LogP contribution in [-0.2, 0) is 10.0 Å². The molecule has 0 amide bonds. The minimum absolute atomic E-state index is 0.508. The lowest BCUT2D eigenvalue weighted by Gasteiger charge is -2.17. The number of sulfonamides is 1. The predicted octanol–water partition coefficient (Wildman–Crippen LogP) is 1.93. The second-order valence-electron chi connectivity index (χ2n) is 3.89. The molecule has 1 aromatic rings. The van der Waals surface area contributed by atoms with E-state index in [4.69, 9.17) is 0 Å². The van der Waals surface area contributed by atoms with Gasteiger partial charge in [0.05, 0.1) is 6.26 Å². The van der Waals surface area contributed by atoms with Crippen molar-refractivity contribution in [2.75, 3.05) is 31.2 Å². The standard InChI is InChI=1S/C11H18BrN3O2S/c1-3-15(18(2,16)17)8-4-6-13-11-9-10(12)5-7-14-11/h5,7,9H,3-4,6,8H2,1-2H3,(H,13,14). The van der Waals surface area contributed by atoms with Gasteiger partial charge in [-0.1, -0.05) is 22.9 Å². The minimum atomic E-state index is -3.08. The number of rotatable bonds is 7. The van der Waals surface area contributed by atoms with Gasteiger partial charge in [-0.3, -0.25) is 0 Å². The highest BCUT2D eigenvalue weighted by Crippen LogP contribution is 2.12. The molecule has 0 radical (unpaired) electrons. The summed E-state index contributed by atoms with van der Waals surface area (Å²) in [5.41, 5.74) is 0. The van der Waals surface area contributed by atoms with Crippen molar-refractivity contribution in [2.24, 2.45) is 0 Å². The molecule has 0 aliphatic rings. The molecule has 0 aliphatic carbocycles. The number of hydrogen-bond donors (Lipinski definition) is 1. The van der Waals surface area contributed by atoms with Gasteiger partial charge >= 0.3 is 0 Å². The van der Waals surface area contributed by atoms with Gasteiger partial charge in [-0.25, -0.2) is 17.7 Å². The van der Waals surface area contributed by atoms with Gasteiger partial charge in [0.2, 0.25) is 10.0 Å². The van der Waals surface area contributed by atoms with E-state index in [1.165, 1.54) is 10.6 Å². The second-order valence-corrected chi connectivity index (χ2v) is 6.79. The molecule has 7 heteroatoms. The normalized spacial score (nSPS) is 11.8. The predicted molar refractivity (Wildman–Crippen MR) is 77.1 cm³/mol. The van der Waals surface area contributed by atoms with Crippen LogP contribution >= 0.6 is 15.9 Å². The Hall–Kier alpha value is -0.660. The summed E-state index contributed by atoms with van der Waals surface area (Å²) >= 11 is 3.36. The number of halogens is 1. The summed E-state index contributed by atoms with van der Waals surface area (Å²) in [7, 11) is -3.08. The summed E-state index contributed by atoms with van der Waals surface area (Å²) in [6.07, 6.45) is 3.69. The monoisotopic (exact) mass is 335 g/mol. The van der Waals surface area contributed by atoms with E-state index in [1.807, 2.05) is 19.1 Å². The summed E-state index contributed by atoms with van der Waals surface area (Å²) < 4.78 is 25.1. The van der Waals surface area contributed by atoms with E-state index in [2.05, 4.69) is 26.2 Å². The fourth-order valence-electron chi connectivity index (χ4n) is 1.53. The Morgan fingerprint density at radius 2 is 2.22 bits per heavy atom. The molecule has 0 saturated heterocycles. The van der Waals surface area contributed by atoms with E-state index in [0.29, 0.717) is 19.6 Å². The number of anilines is 1. The zero-order valence-electron chi connectivity index (χ0n) is 10.6. The minimum Gasteiger partial charge on any atom is -0.370 e. The van der Waals surface area contributed by atoms with Gasteiger partial charge in [-0.05, 0) is 18.6 Å². The maximum Gasteiger partial charge on any atom is 0.211 e. The van der Waals surface area contributed by atoms with Gasteiger partial charge in [0.15, 0.2) is 0 Å². The van der Waals surface area contributed by atoms with Gasteiger partial charge in [0, 0.05) is 30.3 Å². The summed E-state index contributed by atoms with van der Waals surface area (Å²) in [4.78, 5) is 4.15. The molecule has 0 bridgehead atoms. The zero-order valence-corrected chi connectivity index (χ0v) is 13.0. The van der Waals surface area contributed by atoms with Gasteiger partial charge in [-0.15, -0.1) is 0 Å². The fraction of sp³-hybridized carbons (Fsp3) is 0.545. The van der Waals surface area contributed by atoms with E-state index in [0.717, 1.165) is 16.7 Å². The molecule has 0 aliphatic heterocycles. The molecule has 1 aromatic heterocycles. The first kappa shape index (κ1) is 15.4. The third-order valence-electron chi connectivity index (χ3n) is 2.43. The SMILES string of the molecule is CCN(CCCNc1cc(Br)ccn1)S(C)(=O)=O. The van der Waals surface area contributed by atoms with Crippen LogP contribution in [0.25, 0.3) is 0 Å². The molecule has 0 unspecified atom stereocenters. The van der Waals surface area contributed by atoms with Crippen molar-refractivity contribution in [2.45, 2.75) is 13.3 Å². The van der Waals surface area contributed by atoms with Crippen LogP contribution in [0.5, 0.6) is 0 Å². The first-order valence-corrected chi connectivity index (χ1v) is 8.38. The van der Waals surface area contributed by atoms with Crippen molar-refractivity contribution in [1.82, 2.24) is 9.29 Å². The van der Waals surface area contributed by atoms with Gasteiger partial charge in [-0.2, -0.15) is 0 Å². The Balaban J connectivity index is 2.35. The van der Waals surface area contributed by atoms with Gasteiger partial charge in [0.1, 0.15) is 5.82 Å². The molecule has 1 rings (SSSR count). The first-order chi connectivity index (χ1) is 8.43. The Bertz CT molecular complexity index is 479. The molecule has 1 heterocycles. The molecule has 0 fully saturated rings. The van der Waals surface area contributed by atoms with Crippen LogP contribution in [-0.4, -0.2) is 43.6 Å². The summed E-state index contributed by atoms with van der Waals surface area (Å²) in [6, 6.07) is 3.74. The number of nitrogens with one attached hydrogen (secondary N) is 1. The molecule has 0 atom stereocenters. The van der Waals surface area contributed by atoms with Crippen LogP contribution in [0.4, 0.5) is 5.82 Å². The van der Waals surface area contributed by atoms with E-state index < -0.39 is 10.0 Å². The number of nitrogens with zero attached hydrogens (tertiary/aromatic N) is 2. The lowest BCUT2D eigenvalue weighted by molar-refractivity contribution is 0.428. The summed E-state index contributed by atoms with van der Waals surface area (Å²) in [5, 5.41) is 3.15. The number of pyridine rings is 1. The quantitative estimate of drug-likeness (QED) is 0.773. The van der Waals surface area contributed by atoms with Crippen LogP contribution in [0.1, 0.15) is 13.3 Å². The van der Waals surface area contributed by atoms with Gasteiger partial charge in [0.25, 0.3) is 0 Å². The van der Waals surface area contributed by atoms with Crippen LogP contribution in [0, 0.1) is 0 Å². The lowest BCUT2D eigenvalue weighted by atomic mass is 10.4. The molecule has 1 N–H and O–H groups in total. The maximum absolute atomic E-state index is 11.4.